The molecule has 0 bridgehead atoms. The lowest BCUT2D eigenvalue weighted by molar-refractivity contribution is 0.787. The van der Waals surface area contributed by atoms with E-state index in [1.165, 1.54) is 11.1 Å². The molecule has 90 valence electrons. The van der Waals surface area contributed by atoms with Gasteiger partial charge in [-0.25, -0.2) is 4.98 Å². The Kier molecular flexibility index (Phi) is 7.27. The third-order valence-corrected chi connectivity index (χ3v) is 2.12. The van der Waals surface area contributed by atoms with Crippen LogP contribution < -0.4 is 0 Å². The van der Waals surface area contributed by atoms with Gasteiger partial charge in [-0.05, 0) is 31.5 Å². The van der Waals surface area contributed by atoms with Crippen molar-refractivity contribution in [3.8, 4) is 0 Å². The topological polar surface area (TPSA) is 17.8 Å². The molecule has 0 saturated carbocycles. The number of hydrogen-bond donors (Lipinski definition) is 0. The van der Waals surface area contributed by atoms with Crippen LogP contribution in [0.3, 0.4) is 0 Å². The Morgan fingerprint density at radius 2 is 1.75 bits per heavy atom. The van der Waals surface area contributed by atoms with Crippen LogP contribution in [-0.4, -0.2) is 9.55 Å². The highest BCUT2D eigenvalue weighted by Gasteiger charge is 1.99. The lowest BCUT2D eigenvalue weighted by atomic mass is 10.2. The molecule has 16 heavy (non-hydrogen) atoms. The van der Waals surface area contributed by atoms with E-state index in [1.54, 1.807) is 0 Å². The van der Waals surface area contributed by atoms with E-state index >= 15 is 0 Å². The normalized spacial score (nSPS) is 8.88. The number of benzene rings is 1. The molecule has 1 aromatic heterocycles. The van der Waals surface area contributed by atoms with Crippen molar-refractivity contribution in [1.29, 1.82) is 0 Å². The van der Waals surface area contributed by atoms with Crippen molar-refractivity contribution in [2.75, 3.05) is 0 Å². The summed E-state index contributed by atoms with van der Waals surface area (Å²) in [6.07, 6.45) is 1.89. The van der Waals surface area contributed by atoms with Crippen molar-refractivity contribution in [3.63, 3.8) is 0 Å². The van der Waals surface area contributed by atoms with Crippen molar-refractivity contribution in [2.24, 2.45) is 0 Å². The Bertz CT molecular complexity index is 402. The van der Waals surface area contributed by atoms with Crippen LogP contribution in [0.4, 0.5) is 0 Å². The molecule has 0 aliphatic rings. The maximum Gasteiger partial charge on any atom is 0.0958 e. The van der Waals surface area contributed by atoms with E-state index < -0.39 is 0 Å². The summed E-state index contributed by atoms with van der Waals surface area (Å²) in [5.41, 5.74) is 3.61. The van der Waals surface area contributed by atoms with Gasteiger partial charge in [-0.15, -0.1) is 0 Å². The summed E-state index contributed by atoms with van der Waals surface area (Å²) in [6, 6.07) is 6.33. The molecule has 0 fully saturated rings. The molecule has 0 radical (unpaired) electrons. The molecule has 2 rings (SSSR count). The zero-order chi connectivity index (χ0) is 12.6. The van der Waals surface area contributed by atoms with Crippen LogP contribution in [0, 0.1) is 6.92 Å². The van der Waals surface area contributed by atoms with Crippen LogP contribution in [-0.2, 0) is 6.54 Å². The van der Waals surface area contributed by atoms with E-state index in [0.29, 0.717) is 0 Å². The standard InChI is InChI=1S/C10H12N2.2C2H6/c1-3-12-7-11-9-5-4-8(2)6-10(9)12;2*1-2/h4-7H,3H2,1-2H3;2*1-2H3. The van der Waals surface area contributed by atoms with Crippen LogP contribution in [0.2, 0.25) is 0 Å². The molecule has 0 aliphatic carbocycles. The second kappa shape index (κ2) is 7.91. The van der Waals surface area contributed by atoms with Crippen molar-refractivity contribution in [2.45, 2.75) is 48.1 Å². The highest BCUT2D eigenvalue weighted by Crippen LogP contribution is 2.13. The molecule has 0 amide bonds. The average Bonchev–Trinajstić information content (AvgIpc) is 2.76. The minimum absolute atomic E-state index is 0.986. The summed E-state index contributed by atoms with van der Waals surface area (Å²) in [5.74, 6) is 0. The molecule has 1 heterocycles. The molecular formula is C14H24N2. The van der Waals surface area contributed by atoms with Gasteiger partial charge in [0.05, 0.1) is 17.4 Å². The van der Waals surface area contributed by atoms with Crippen molar-refractivity contribution in [3.05, 3.63) is 30.1 Å². The summed E-state index contributed by atoms with van der Waals surface area (Å²) in [5, 5.41) is 0. The van der Waals surface area contributed by atoms with Crippen LogP contribution in [0.25, 0.3) is 11.0 Å². The summed E-state index contributed by atoms with van der Waals surface area (Å²) in [4.78, 5) is 4.29. The van der Waals surface area contributed by atoms with Gasteiger partial charge >= 0.3 is 0 Å². The fourth-order valence-corrected chi connectivity index (χ4v) is 1.42. The summed E-state index contributed by atoms with van der Waals surface area (Å²) in [7, 11) is 0. The summed E-state index contributed by atoms with van der Waals surface area (Å²) >= 11 is 0. The Hall–Kier alpha value is -1.31. The van der Waals surface area contributed by atoms with Gasteiger partial charge in [-0.1, -0.05) is 33.8 Å². The SMILES string of the molecule is CC.CC.CCn1cnc2ccc(C)cc21. The van der Waals surface area contributed by atoms with Gasteiger partial charge < -0.3 is 4.57 Å². The Balaban J connectivity index is 0.000000509. The number of aromatic nitrogens is 2. The first-order valence-corrected chi connectivity index (χ1v) is 6.22. The Morgan fingerprint density at radius 3 is 2.31 bits per heavy atom. The largest absolute Gasteiger partial charge is 0.331 e. The van der Waals surface area contributed by atoms with Gasteiger partial charge in [0.15, 0.2) is 0 Å². The number of imidazole rings is 1. The maximum atomic E-state index is 4.29. The summed E-state index contributed by atoms with van der Waals surface area (Å²) in [6.45, 7) is 13.2. The molecule has 2 aromatic rings. The molecule has 0 aliphatic heterocycles. The van der Waals surface area contributed by atoms with Crippen molar-refractivity contribution < 1.29 is 0 Å². The first-order chi connectivity index (χ1) is 7.81. The molecular weight excluding hydrogens is 196 g/mol. The number of fused-ring (bicyclic) bond motifs is 1. The molecule has 1 aromatic carbocycles. The molecule has 0 N–H and O–H groups in total. The van der Waals surface area contributed by atoms with Gasteiger partial charge in [-0.2, -0.15) is 0 Å². The van der Waals surface area contributed by atoms with Gasteiger partial charge in [0, 0.05) is 6.54 Å². The molecule has 0 saturated heterocycles. The highest BCUT2D eigenvalue weighted by molar-refractivity contribution is 5.75. The molecule has 0 unspecified atom stereocenters. The zero-order valence-electron chi connectivity index (χ0n) is 11.4. The van der Waals surface area contributed by atoms with Crippen LogP contribution in [0.15, 0.2) is 24.5 Å². The maximum absolute atomic E-state index is 4.29. The van der Waals surface area contributed by atoms with E-state index in [-0.39, 0.29) is 0 Å². The monoisotopic (exact) mass is 220 g/mol. The molecule has 0 spiro atoms. The lowest BCUT2D eigenvalue weighted by Crippen LogP contribution is -1.90. The third-order valence-electron chi connectivity index (χ3n) is 2.12. The smallest absolute Gasteiger partial charge is 0.0958 e. The molecule has 2 heteroatoms. The van der Waals surface area contributed by atoms with Crippen LogP contribution >= 0.6 is 0 Å². The molecule has 0 atom stereocenters. The fourth-order valence-electron chi connectivity index (χ4n) is 1.42. The Morgan fingerprint density at radius 1 is 1.12 bits per heavy atom. The van der Waals surface area contributed by atoms with Gasteiger partial charge in [0.1, 0.15) is 0 Å². The summed E-state index contributed by atoms with van der Waals surface area (Å²) < 4.78 is 2.16. The van der Waals surface area contributed by atoms with Crippen LogP contribution in [0.1, 0.15) is 40.2 Å². The fraction of sp³-hybridized carbons (Fsp3) is 0.500. The quantitative estimate of drug-likeness (QED) is 0.695. The van der Waals surface area contributed by atoms with Gasteiger partial charge in [0.2, 0.25) is 0 Å². The Labute approximate surface area is 99.3 Å². The number of aryl methyl sites for hydroxylation is 2. The minimum Gasteiger partial charge on any atom is -0.331 e. The first-order valence-electron chi connectivity index (χ1n) is 6.22. The number of hydrogen-bond acceptors (Lipinski definition) is 1. The predicted molar refractivity (Wildman–Crippen MR) is 72.8 cm³/mol. The highest BCUT2D eigenvalue weighted by atomic mass is 15.0. The second-order valence-electron chi connectivity index (χ2n) is 3.02. The zero-order valence-corrected chi connectivity index (χ0v) is 11.4. The second-order valence-corrected chi connectivity index (χ2v) is 3.02. The average molecular weight is 220 g/mol. The predicted octanol–water partition coefficient (Wildman–Crippen LogP) is 4.42. The number of rotatable bonds is 1. The third kappa shape index (κ3) is 3.37. The van der Waals surface area contributed by atoms with Gasteiger partial charge in [0.25, 0.3) is 0 Å². The van der Waals surface area contributed by atoms with E-state index in [2.05, 4.69) is 41.6 Å². The van der Waals surface area contributed by atoms with Crippen molar-refractivity contribution >= 4 is 11.0 Å². The van der Waals surface area contributed by atoms with Gasteiger partial charge in [-0.3, -0.25) is 0 Å². The van der Waals surface area contributed by atoms with E-state index in [0.717, 1.165) is 12.1 Å². The molecule has 2 nitrogen and oxygen atoms in total. The lowest BCUT2D eigenvalue weighted by Gasteiger charge is -1.98. The van der Waals surface area contributed by atoms with Crippen LogP contribution in [0.5, 0.6) is 0 Å². The van der Waals surface area contributed by atoms with E-state index in [9.17, 15) is 0 Å². The first kappa shape index (κ1) is 14.7. The number of nitrogens with zero attached hydrogens (tertiary/aromatic N) is 2. The minimum atomic E-state index is 0.986. The van der Waals surface area contributed by atoms with Crippen molar-refractivity contribution in [1.82, 2.24) is 9.55 Å². The van der Waals surface area contributed by atoms with E-state index in [1.807, 2.05) is 34.0 Å². The van der Waals surface area contributed by atoms with E-state index in [4.69, 9.17) is 0 Å².